The Balaban J connectivity index is 1.68. The number of hydrogen-bond donors (Lipinski definition) is 0. The fourth-order valence-corrected chi connectivity index (χ4v) is 2.88. The third-order valence-corrected chi connectivity index (χ3v) is 4.17. The number of rotatable bonds is 2. The van der Waals surface area contributed by atoms with Crippen LogP contribution in [0.4, 0.5) is 13.2 Å². The summed E-state index contributed by atoms with van der Waals surface area (Å²) in [5.74, 6) is -1.18. The molecule has 21 heavy (non-hydrogen) atoms. The van der Waals surface area contributed by atoms with E-state index in [1.807, 2.05) is 4.90 Å². The molecule has 3 rings (SSSR count). The van der Waals surface area contributed by atoms with Gasteiger partial charge in [0.25, 0.3) is 0 Å². The number of fused-ring (bicyclic) bond motifs is 1. The van der Waals surface area contributed by atoms with Crippen molar-refractivity contribution in [2.45, 2.75) is 25.6 Å². The van der Waals surface area contributed by atoms with Crippen LogP contribution in [0.3, 0.4) is 0 Å². The summed E-state index contributed by atoms with van der Waals surface area (Å²) in [7, 11) is 0. The van der Waals surface area contributed by atoms with Crippen LogP contribution in [0, 0.1) is 5.92 Å². The van der Waals surface area contributed by atoms with Crippen LogP contribution in [0.1, 0.15) is 18.5 Å². The van der Waals surface area contributed by atoms with Crippen molar-refractivity contribution in [3.63, 3.8) is 0 Å². The maximum absolute atomic E-state index is 12.6. The van der Waals surface area contributed by atoms with Crippen LogP contribution in [-0.2, 0) is 6.54 Å². The first-order valence-electron chi connectivity index (χ1n) is 6.76. The number of alkyl halides is 3. The fourth-order valence-electron chi connectivity index (χ4n) is 2.71. The van der Waals surface area contributed by atoms with Crippen molar-refractivity contribution < 1.29 is 17.7 Å². The summed E-state index contributed by atoms with van der Waals surface area (Å²) in [6, 6.07) is 5.23. The molecular formula is C14H14ClF3N2O. The van der Waals surface area contributed by atoms with Crippen molar-refractivity contribution >= 4 is 22.6 Å². The molecule has 0 bridgehead atoms. The topological polar surface area (TPSA) is 29.3 Å². The number of hydrogen-bond acceptors (Lipinski definition) is 3. The van der Waals surface area contributed by atoms with Crippen molar-refractivity contribution in [1.29, 1.82) is 0 Å². The minimum absolute atomic E-state index is 0.139. The minimum Gasteiger partial charge on any atom is -0.356 e. The molecule has 0 radical (unpaired) electrons. The highest BCUT2D eigenvalue weighted by Gasteiger charge is 2.41. The van der Waals surface area contributed by atoms with E-state index in [9.17, 15) is 13.2 Å². The van der Waals surface area contributed by atoms with Gasteiger partial charge in [0.2, 0.25) is 0 Å². The summed E-state index contributed by atoms with van der Waals surface area (Å²) in [6.45, 7) is 1.32. The van der Waals surface area contributed by atoms with Crippen LogP contribution in [0.5, 0.6) is 0 Å². The third-order valence-electron chi connectivity index (χ3n) is 3.93. The van der Waals surface area contributed by atoms with E-state index >= 15 is 0 Å². The molecule has 0 saturated carbocycles. The molecule has 0 unspecified atom stereocenters. The Labute approximate surface area is 124 Å². The molecule has 2 aromatic rings. The van der Waals surface area contributed by atoms with E-state index in [1.54, 1.807) is 18.2 Å². The maximum atomic E-state index is 12.6. The predicted octanol–water partition coefficient (Wildman–Crippen LogP) is 4.26. The molecule has 1 aliphatic rings. The molecule has 0 spiro atoms. The van der Waals surface area contributed by atoms with Crippen molar-refractivity contribution in [2.24, 2.45) is 5.92 Å². The molecule has 3 nitrogen and oxygen atoms in total. The lowest BCUT2D eigenvalue weighted by atomic mass is 9.96. The zero-order chi connectivity index (χ0) is 15.0. The summed E-state index contributed by atoms with van der Waals surface area (Å²) in [4.78, 5) is 1.97. The summed E-state index contributed by atoms with van der Waals surface area (Å²) in [6.07, 6.45) is -3.81. The van der Waals surface area contributed by atoms with Gasteiger partial charge in [-0.3, -0.25) is 4.90 Å². The molecule has 114 valence electrons. The third kappa shape index (κ3) is 3.16. The van der Waals surface area contributed by atoms with Gasteiger partial charge >= 0.3 is 6.18 Å². The Morgan fingerprint density at radius 1 is 1.29 bits per heavy atom. The van der Waals surface area contributed by atoms with Gasteiger partial charge in [0.15, 0.2) is 5.58 Å². The number of piperidine rings is 1. The number of aromatic nitrogens is 1. The average molecular weight is 319 g/mol. The maximum Gasteiger partial charge on any atom is 0.391 e. The first-order valence-corrected chi connectivity index (χ1v) is 7.14. The van der Waals surface area contributed by atoms with Crippen LogP contribution < -0.4 is 0 Å². The second-order valence-corrected chi connectivity index (χ2v) is 5.80. The zero-order valence-corrected chi connectivity index (χ0v) is 11.9. The molecule has 1 aromatic carbocycles. The van der Waals surface area contributed by atoms with E-state index in [-0.39, 0.29) is 12.8 Å². The highest BCUT2D eigenvalue weighted by Crippen LogP contribution is 2.34. The van der Waals surface area contributed by atoms with Crippen molar-refractivity contribution in [1.82, 2.24) is 10.1 Å². The zero-order valence-electron chi connectivity index (χ0n) is 11.2. The van der Waals surface area contributed by atoms with Gasteiger partial charge in [-0.05, 0) is 44.1 Å². The highest BCUT2D eigenvalue weighted by molar-refractivity contribution is 6.31. The van der Waals surface area contributed by atoms with E-state index in [2.05, 4.69) is 5.16 Å². The number of benzene rings is 1. The smallest absolute Gasteiger partial charge is 0.356 e. The summed E-state index contributed by atoms with van der Waals surface area (Å²) in [5.41, 5.74) is 1.36. The Morgan fingerprint density at radius 2 is 2.00 bits per heavy atom. The summed E-state index contributed by atoms with van der Waals surface area (Å²) in [5, 5.41) is 5.41. The molecule has 1 fully saturated rings. The largest absolute Gasteiger partial charge is 0.391 e. The lowest BCUT2D eigenvalue weighted by Gasteiger charge is -2.32. The molecule has 1 aromatic heterocycles. The van der Waals surface area contributed by atoms with Gasteiger partial charge in [0.05, 0.1) is 5.92 Å². The van der Waals surface area contributed by atoms with Crippen molar-refractivity contribution in [2.75, 3.05) is 13.1 Å². The van der Waals surface area contributed by atoms with Crippen LogP contribution in [0.25, 0.3) is 11.0 Å². The molecule has 2 heterocycles. The van der Waals surface area contributed by atoms with Gasteiger partial charge in [-0.2, -0.15) is 13.2 Å². The lowest BCUT2D eigenvalue weighted by molar-refractivity contribution is -0.185. The highest BCUT2D eigenvalue weighted by atomic mass is 35.5. The summed E-state index contributed by atoms with van der Waals surface area (Å²) >= 11 is 5.95. The minimum atomic E-state index is -4.08. The Morgan fingerprint density at radius 3 is 2.67 bits per heavy atom. The number of halogens is 4. The molecule has 1 aliphatic heterocycles. The van der Waals surface area contributed by atoms with E-state index in [0.29, 0.717) is 30.2 Å². The average Bonchev–Trinajstić information content (AvgIpc) is 2.81. The molecule has 1 saturated heterocycles. The number of nitrogens with zero attached hydrogens (tertiary/aromatic N) is 2. The number of likely N-dealkylation sites (tertiary alicyclic amines) is 1. The lowest BCUT2D eigenvalue weighted by Crippen LogP contribution is -2.38. The van der Waals surface area contributed by atoms with Gasteiger partial charge in [0, 0.05) is 17.0 Å². The van der Waals surface area contributed by atoms with Crippen LogP contribution in [0.2, 0.25) is 5.02 Å². The van der Waals surface area contributed by atoms with Crippen molar-refractivity contribution in [3.8, 4) is 0 Å². The molecule has 0 amide bonds. The molecule has 7 heteroatoms. The van der Waals surface area contributed by atoms with Gasteiger partial charge in [-0.25, -0.2) is 0 Å². The quantitative estimate of drug-likeness (QED) is 0.828. The molecule has 0 atom stereocenters. The standard InChI is InChI=1S/C14H14ClF3N2O/c15-10-1-2-13-11(7-10)12(19-21-13)8-20-5-3-9(4-6-20)14(16,17)18/h1-2,7,9H,3-6,8H2. The Kier molecular flexibility index (Phi) is 3.84. The first-order chi connectivity index (χ1) is 9.93. The second-order valence-electron chi connectivity index (χ2n) is 5.36. The van der Waals surface area contributed by atoms with Crippen LogP contribution in [-0.4, -0.2) is 29.3 Å². The van der Waals surface area contributed by atoms with Gasteiger partial charge < -0.3 is 4.52 Å². The van der Waals surface area contributed by atoms with Gasteiger partial charge in [-0.15, -0.1) is 0 Å². The monoisotopic (exact) mass is 318 g/mol. The van der Waals surface area contributed by atoms with Gasteiger partial charge in [0.1, 0.15) is 5.69 Å². The molecule has 0 aliphatic carbocycles. The predicted molar refractivity (Wildman–Crippen MR) is 73.1 cm³/mol. The van der Waals surface area contributed by atoms with E-state index < -0.39 is 12.1 Å². The van der Waals surface area contributed by atoms with Crippen molar-refractivity contribution in [3.05, 3.63) is 28.9 Å². The second kappa shape index (κ2) is 5.50. The SMILES string of the molecule is FC(F)(F)C1CCN(Cc2noc3ccc(Cl)cc23)CC1. The summed E-state index contributed by atoms with van der Waals surface area (Å²) < 4.78 is 43.1. The van der Waals surface area contributed by atoms with Crippen LogP contribution in [0.15, 0.2) is 22.7 Å². The normalized spacial score (nSPS) is 18.5. The van der Waals surface area contributed by atoms with Crippen LogP contribution >= 0.6 is 11.6 Å². The van der Waals surface area contributed by atoms with E-state index in [4.69, 9.17) is 16.1 Å². The molecule has 0 N–H and O–H groups in total. The molecular weight excluding hydrogens is 305 g/mol. The van der Waals surface area contributed by atoms with Gasteiger partial charge in [-0.1, -0.05) is 16.8 Å². The van der Waals surface area contributed by atoms with E-state index in [0.717, 1.165) is 11.1 Å². The fraction of sp³-hybridized carbons (Fsp3) is 0.500. The Bertz CT molecular complexity index is 633. The first kappa shape index (κ1) is 14.7. The Hall–Kier alpha value is -1.27. The van der Waals surface area contributed by atoms with E-state index in [1.165, 1.54) is 0 Å².